The summed E-state index contributed by atoms with van der Waals surface area (Å²) in [6.07, 6.45) is -0.102. The van der Waals surface area contributed by atoms with E-state index in [0.29, 0.717) is 30.0 Å². The summed E-state index contributed by atoms with van der Waals surface area (Å²) in [5.74, 6) is 0.327. The lowest BCUT2D eigenvalue weighted by Gasteiger charge is -2.49. The van der Waals surface area contributed by atoms with Crippen LogP contribution in [0.3, 0.4) is 0 Å². The number of β-amino-alcohol motifs (C(OH)–C–C–N with tert-alkyl or cyclic N) is 1. The molecule has 0 bridgehead atoms. The minimum absolute atomic E-state index is 0.160. The highest BCUT2D eigenvalue weighted by molar-refractivity contribution is 6.00. The van der Waals surface area contributed by atoms with E-state index in [1.165, 1.54) is 0 Å². The molecule has 2 atom stereocenters. The Kier molecular flexibility index (Phi) is 5.45. The van der Waals surface area contributed by atoms with E-state index in [2.05, 4.69) is 10.1 Å². The Morgan fingerprint density at radius 3 is 2.37 bits per heavy atom. The molecule has 1 amide bonds. The van der Waals surface area contributed by atoms with Crippen LogP contribution in [0.1, 0.15) is 28.1 Å². The van der Waals surface area contributed by atoms with Gasteiger partial charge < -0.3 is 14.5 Å². The fourth-order valence-corrected chi connectivity index (χ4v) is 4.53. The monoisotopic (exact) mass is 405 g/mol. The number of piperidine rings is 1. The number of nitrogens with zero attached hydrogens (tertiary/aromatic N) is 3. The van der Waals surface area contributed by atoms with E-state index in [-0.39, 0.29) is 12.5 Å². The van der Waals surface area contributed by atoms with Gasteiger partial charge >= 0.3 is 0 Å². The molecule has 1 N–H and O–H groups in total. The van der Waals surface area contributed by atoms with Crippen LogP contribution >= 0.6 is 0 Å². The second-order valence-electron chi connectivity index (χ2n) is 8.03. The molecular formula is C24H27N3O3. The first-order valence-electron chi connectivity index (χ1n) is 10.2. The molecule has 6 heteroatoms. The second-order valence-corrected chi connectivity index (χ2v) is 8.03. The maximum absolute atomic E-state index is 13.4. The molecule has 6 nitrogen and oxygen atoms in total. The lowest BCUT2D eigenvalue weighted by atomic mass is 9.77. The summed E-state index contributed by atoms with van der Waals surface area (Å²) in [6.45, 7) is 2.52. The Balaban J connectivity index is 1.63. The zero-order valence-electron chi connectivity index (χ0n) is 17.6. The minimum atomic E-state index is -0.729. The van der Waals surface area contributed by atoms with E-state index in [9.17, 15) is 9.90 Å². The topological polar surface area (TPSA) is 69.8 Å². The van der Waals surface area contributed by atoms with E-state index in [1.807, 2.05) is 74.8 Å². The molecular weight excluding hydrogens is 378 g/mol. The van der Waals surface area contributed by atoms with Crippen molar-refractivity contribution in [2.24, 2.45) is 0 Å². The van der Waals surface area contributed by atoms with Crippen LogP contribution in [-0.4, -0.2) is 59.3 Å². The van der Waals surface area contributed by atoms with Crippen LogP contribution < -0.4 is 0 Å². The summed E-state index contributed by atoms with van der Waals surface area (Å²) in [7, 11) is 3.96. The number of hydrogen-bond acceptors (Lipinski definition) is 5. The standard InChI is InChI=1S/C24H27N3O3/c1-17-21(22(25-30-17)18-10-6-4-7-11-18)23(29)27-15-14-24(26(2)3,20(28)16-27)19-12-8-5-9-13-19/h4-13,20,28H,14-16H2,1-3H3/t20-,24+/m1/s1. The van der Waals surface area contributed by atoms with Gasteiger partial charge in [-0.25, -0.2) is 0 Å². The molecule has 2 heterocycles. The molecule has 1 aromatic heterocycles. The van der Waals surface area contributed by atoms with Crippen molar-refractivity contribution >= 4 is 5.91 Å². The molecule has 0 radical (unpaired) electrons. The number of rotatable bonds is 4. The van der Waals surface area contributed by atoms with Crippen LogP contribution in [0.4, 0.5) is 0 Å². The predicted molar refractivity (Wildman–Crippen MR) is 115 cm³/mol. The molecule has 0 aliphatic carbocycles. The van der Waals surface area contributed by atoms with E-state index in [0.717, 1.165) is 11.1 Å². The van der Waals surface area contributed by atoms with Gasteiger partial charge in [0, 0.05) is 18.7 Å². The van der Waals surface area contributed by atoms with Gasteiger partial charge in [-0.2, -0.15) is 0 Å². The Hall–Kier alpha value is -2.96. The SMILES string of the molecule is Cc1onc(-c2ccccc2)c1C(=O)N1CC[C@@](c2ccccc2)(N(C)C)[C@H](O)C1. The molecule has 0 spiro atoms. The number of aliphatic hydroxyl groups is 1. The largest absolute Gasteiger partial charge is 0.389 e. The van der Waals surface area contributed by atoms with Crippen LogP contribution in [0.15, 0.2) is 65.2 Å². The third-order valence-electron chi connectivity index (χ3n) is 6.19. The van der Waals surface area contributed by atoms with Crippen LogP contribution in [0.25, 0.3) is 11.3 Å². The Labute approximate surface area is 176 Å². The first kappa shape index (κ1) is 20.3. The summed E-state index contributed by atoms with van der Waals surface area (Å²) >= 11 is 0. The van der Waals surface area contributed by atoms with Crippen molar-refractivity contribution in [3.63, 3.8) is 0 Å². The summed E-state index contributed by atoms with van der Waals surface area (Å²) in [6, 6.07) is 19.6. The van der Waals surface area contributed by atoms with Crippen molar-refractivity contribution < 1.29 is 14.4 Å². The highest BCUT2D eigenvalue weighted by Crippen LogP contribution is 2.38. The van der Waals surface area contributed by atoms with Gasteiger partial charge in [0.15, 0.2) is 0 Å². The Morgan fingerprint density at radius 2 is 1.77 bits per heavy atom. The number of carbonyl (C=O) groups is 1. The highest BCUT2D eigenvalue weighted by Gasteiger charge is 2.47. The Morgan fingerprint density at radius 1 is 1.13 bits per heavy atom. The molecule has 0 unspecified atom stereocenters. The summed E-state index contributed by atoms with van der Waals surface area (Å²) in [4.78, 5) is 17.2. The molecule has 1 saturated heterocycles. The minimum Gasteiger partial charge on any atom is -0.389 e. The zero-order valence-corrected chi connectivity index (χ0v) is 17.6. The number of amides is 1. The van der Waals surface area contributed by atoms with Crippen molar-refractivity contribution in [1.29, 1.82) is 0 Å². The van der Waals surface area contributed by atoms with E-state index in [1.54, 1.807) is 11.8 Å². The van der Waals surface area contributed by atoms with Crippen molar-refractivity contribution in [1.82, 2.24) is 15.0 Å². The van der Waals surface area contributed by atoms with Crippen LogP contribution in [0.2, 0.25) is 0 Å². The van der Waals surface area contributed by atoms with Crippen molar-refractivity contribution in [2.45, 2.75) is 25.0 Å². The number of hydrogen-bond donors (Lipinski definition) is 1. The number of likely N-dealkylation sites (tertiary alicyclic amines) is 1. The van der Waals surface area contributed by atoms with E-state index >= 15 is 0 Å². The first-order valence-corrected chi connectivity index (χ1v) is 10.2. The summed E-state index contributed by atoms with van der Waals surface area (Å²) in [5.41, 5.74) is 2.36. The number of likely N-dealkylation sites (N-methyl/N-ethyl adjacent to an activating group) is 1. The van der Waals surface area contributed by atoms with Gasteiger partial charge in [-0.05, 0) is 33.0 Å². The molecule has 156 valence electrons. The third kappa shape index (κ3) is 3.32. The van der Waals surface area contributed by atoms with Gasteiger partial charge in [-0.1, -0.05) is 65.8 Å². The lowest BCUT2D eigenvalue weighted by Crippen LogP contribution is -2.60. The molecule has 1 aliphatic rings. The van der Waals surface area contributed by atoms with Crippen molar-refractivity contribution in [3.05, 3.63) is 77.6 Å². The average molecular weight is 405 g/mol. The van der Waals surface area contributed by atoms with Gasteiger partial charge in [0.1, 0.15) is 17.0 Å². The highest BCUT2D eigenvalue weighted by atomic mass is 16.5. The normalized spacial score (nSPS) is 21.8. The number of aryl methyl sites for hydroxylation is 1. The maximum Gasteiger partial charge on any atom is 0.259 e. The molecule has 0 saturated carbocycles. The maximum atomic E-state index is 13.4. The summed E-state index contributed by atoms with van der Waals surface area (Å²) < 4.78 is 5.37. The lowest BCUT2D eigenvalue weighted by molar-refractivity contribution is -0.0612. The van der Waals surface area contributed by atoms with Crippen molar-refractivity contribution in [2.75, 3.05) is 27.2 Å². The number of benzene rings is 2. The van der Waals surface area contributed by atoms with E-state index in [4.69, 9.17) is 4.52 Å². The fourth-order valence-electron chi connectivity index (χ4n) is 4.53. The molecule has 2 aromatic carbocycles. The summed E-state index contributed by atoms with van der Waals surface area (Å²) in [5, 5.41) is 15.4. The molecule has 30 heavy (non-hydrogen) atoms. The molecule has 1 aliphatic heterocycles. The molecule has 3 aromatic rings. The van der Waals surface area contributed by atoms with E-state index < -0.39 is 11.6 Å². The smallest absolute Gasteiger partial charge is 0.259 e. The molecule has 1 fully saturated rings. The first-order chi connectivity index (χ1) is 14.4. The van der Waals surface area contributed by atoms with Gasteiger partial charge in [0.2, 0.25) is 0 Å². The van der Waals surface area contributed by atoms with Crippen LogP contribution in [0, 0.1) is 6.92 Å². The zero-order chi connectivity index (χ0) is 21.3. The van der Waals surface area contributed by atoms with Gasteiger partial charge in [0.05, 0.1) is 11.6 Å². The van der Waals surface area contributed by atoms with Gasteiger partial charge in [0.25, 0.3) is 5.91 Å². The quantitative estimate of drug-likeness (QED) is 0.721. The molecule has 4 rings (SSSR count). The van der Waals surface area contributed by atoms with Gasteiger partial charge in [-0.3, -0.25) is 9.69 Å². The van der Waals surface area contributed by atoms with Crippen LogP contribution in [-0.2, 0) is 5.54 Å². The van der Waals surface area contributed by atoms with Gasteiger partial charge in [-0.15, -0.1) is 0 Å². The van der Waals surface area contributed by atoms with Crippen molar-refractivity contribution in [3.8, 4) is 11.3 Å². The predicted octanol–water partition coefficient (Wildman–Crippen LogP) is 3.31. The second kappa shape index (κ2) is 8.05. The number of carbonyl (C=O) groups excluding carboxylic acids is 1. The number of aromatic nitrogens is 1. The number of aliphatic hydroxyl groups excluding tert-OH is 1. The third-order valence-corrected chi connectivity index (χ3v) is 6.19. The Bertz CT molecular complexity index is 1020. The fraction of sp³-hybridized carbons (Fsp3) is 0.333. The van der Waals surface area contributed by atoms with Crippen LogP contribution in [0.5, 0.6) is 0 Å². The average Bonchev–Trinajstić information content (AvgIpc) is 3.15.